The molecule has 1 heterocycles. The zero-order valence-corrected chi connectivity index (χ0v) is 12.5. The summed E-state index contributed by atoms with van der Waals surface area (Å²) in [5.41, 5.74) is 7.27. The van der Waals surface area contributed by atoms with Gasteiger partial charge in [-0.1, -0.05) is 13.8 Å². The first kappa shape index (κ1) is 13.9. The number of rotatable bonds is 5. The Hall–Kier alpha value is -0.480. The van der Waals surface area contributed by atoms with Crippen molar-refractivity contribution in [3.8, 4) is 0 Å². The van der Waals surface area contributed by atoms with Crippen molar-refractivity contribution in [2.75, 3.05) is 12.8 Å². The minimum absolute atomic E-state index is 0.431. The Kier molecular flexibility index (Phi) is 4.73. The second kappa shape index (κ2) is 6.11. The molecular weight excluding hydrogens is 242 g/mol. The Balaban J connectivity index is 2.17. The topological polar surface area (TPSA) is 43.8 Å². The molecule has 3 unspecified atom stereocenters. The van der Waals surface area contributed by atoms with E-state index in [1.807, 2.05) is 24.3 Å². The van der Waals surface area contributed by atoms with E-state index in [0.717, 1.165) is 5.25 Å². The van der Waals surface area contributed by atoms with E-state index < -0.39 is 0 Å². The van der Waals surface area contributed by atoms with Crippen LogP contribution in [0.2, 0.25) is 0 Å². The van der Waals surface area contributed by atoms with E-state index in [1.165, 1.54) is 25.0 Å². The van der Waals surface area contributed by atoms with Gasteiger partial charge in [0.05, 0.1) is 6.33 Å². The Morgan fingerprint density at radius 3 is 2.83 bits per heavy atom. The molecule has 0 radical (unpaired) electrons. The van der Waals surface area contributed by atoms with Crippen molar-refractivity contribution in [3.05, 3.63) is 18.2 Å². The molecule has 2 N–H and O–H groups in total. The van der Waals surface area contributed by atoms with E-state index in [0.29, 0.717) is 24.4 Å². The average molecular weight is 267 g/mol. The van der Waals surface area contributed by atoms with Gasteiger partial charge in [0.2, 0.25) is 0 Å². The maximum absolute atomic E-state index is 5.94. The summed E-state index contributed by atoms with van der Waals surface area (Å²) >= 11 is 2.00. The van der Waals surface area contributed by atoms with Crippen LogP contribution in [0.15, 0.2) is 12.5 Å². The number of hydrogen-bond acceptors (Lipinski definition) is 3. The highest BCUT2D eigenvalue weighted by molar-refractivity contribution is 7.99. The largest absolute Gasteiger partial charge is 0.331 e. The van der Waals surface area contributed by atoms with Gasteiger partial charge in [0.15, 0.2) is 0 Å². The van der Waals surface area contributed by atoms with Crippen LogP contribution in [-0.4, -0.2) is 27.6 Å². The maximum Gasteiger partial charge on any atom is 0.0950 e. The highest BCUT2D eigenvalue weighted by Crippen LogP contribution is 2.38. The summed E-state index contributed by atoms with van der Waals surface area (Å²) in [5.74, 6) is 1.00. The molecule has 0 spiro atoms. The first-order chi connectivity index (χ1) is 8.67. The Bertz CT molecular complexity index is 375. The molecule has 1 fully saturated rings. The predicted octanol–water partition coefficient (Wildman–Crippen LogP) is 3.04. The number of thioether (sulfide) groups is 1. The zero-order chi connectivity index (χ0) is 13.1. The van der Waals surface area contributed by atoms with Gasteiger partial charge in [-0.25, -0.2) is 4.98 Å². The van der Waals surface area contributed by atoms with Gasteiger partial charge >= 0.3 is 0 Å². The molecule has 0 saturated heterocycles. The lowest BCUT2D eigenvalue weighted by Gasteiger charge is -2.23. The van der Waals surface area contributed by atoms with Gasteiger partial charge in [-0.2, -0.15) is 11.8 Å². The van der Waals surface area contributed by atoms with E-state index in [9.17, 15) is 0 Å². The lowest BCUT2D eigenvalue weighted by atomic mass is 9.92. The van der Waals surface area contributed by atoms with Gasteiger partial charge in [0.25, 0.3) is 0 Å². The summed E-state index contributed by atoms with van der Waals surface area (Å²) < 4.78 is 2.40. The smallest absolute Gasteiger partial charge is 0.0950 e. The Labute approximate surface area is 115 Å². The van der Waals surface area contributed by atoms with Gasteiger partial charge in [0, 0.05) is 35.6 Å². The van der Waals surface area contributed by atoms with E-state index in [1.54, 1.807) is 0 Å². The first-order valence-corrected chi connectivity index (χ1v) is 8.20. The zero-order valence-electron chi connectivity index (χ0n) is 11.7. The number of nitrogens with two attached hydrogens (primary N) is 1. The van der Waals surface area contributed by atoms with Crippen molar-refractivity contribution < 1.29 is 0 Å². The maximum atomic E-state index is 5.94. The summed E-state index contributed by atoms with van der Waals surface area (Å²) in [4.78, 5) is 4.37. The highest BCUT2D eigenvalue weighted by atomic mass is 32.2. The van der Waals surface area contributed by atoms with E-state index in [-0.39, 0.29) is 0 Å². The van der Waals surface area contributed by atoms with Crippen molar-refractivity contribution in [3.63, 3.8) is 0 Å². The van der Waals surface area contributed by atoms with Gasteiger partial charge in [-0.05, 0) is 31.4 Å². The molecule has 0 amide bonds. The lowest BCUT2D eigenvalue weighted by Crippen LogP contribution is -2.22. The highest BCUT2D eigenvalue weighted by Gasteiger charge is 2.28. The standard InChI is InChI=1S/C14H25N3S/c1-10(2)13(7-15)14-8-16-9-17(14)11-4-5-12(6-11)18-3/h8-13H,4-7,15H2,1-3H3. The van der Waals surface area contributed by atoms with E-state index in [2.05, 4.69) is 29.7 Å². The lowest BCUT2D eigenvalue weighted by molar-refractivity contribution is 0.434. The molecule has 18 heavy (non-hydrogen) atoms. The quantitative estimate of drug-likeness (QED) is 0.892. The molecule has 3 atom stereocenters. The molecule has 102 valence electrons. The average Bonchev–Trinajstić information content (AvgIpc) is 2.96. The molecule has 0 bridgehead atoms. The molecule has 1 aromatic rings. The Morgan fingerprint density at radius 2 is 2.28 bits per heavy atom. The number of aromatic nitrogens is 2. The van der Waals surface area contributed by atoms with Crippen molar-refractivity contribution >= 4 is 11.8 Å². The van der Waals surface area contributed by atoms with E-state index >= 15 is 0 Å². The van der Waals surface area contributed by atoms with Gasteiger partial charge in [-0.3, -0.25) is 0 Å². The van der Waals surface area contributed by atoms with Crippen LogP contribution in [0.25, 0.3) is 0 Å². The minimum atomic E-state index is 0.431. The number of hydrogen-bond donors (Lipinski definition) is 1. The third-order valence-electron chi connectivity index (χ3n) is 4.22. The van der Waals surface area contributed by atoms with Crippen LogP contribution in [0.5, 0.6) is 0 Å². The molecule has 3 nitrogen and oxygen atoms in total. The first-order valence-electron chi connectivity index (χ1n) is 6.92. The van der Waals surface area contributed by atoms with Crippen molar-refractivity contribution in [1.82, 2.24) is 9.55 Å². The number of imidazole rings is 1. The minimum Gasteiger partial charge on any atom is -0.331 e. The molecular formula is C14H25N3S. The summed E-state index contributed by atoms with van der Waals surface area (Å²) in [6.45, 7) is 5.20. The van der Waals surface area contributed by atoms with Gasteiger partial charge in [-0.15, -0.1) is 0 Å². The summed E-state index contributed by atoms with van der Waals surface area (Å²) in [7, 11) is 0. The summed E-state index contributed by atoms with van der Waals surface area (Å²) in [6.07, 6.45) is 10.1. The van der Waals surface area contributed by atoms with Crippen LogP contribution in [-0.2, 0) is 0 Å². The molecule has 2 rings (SSSR count). The molecule has 1 aliphatic carbocycles. The second-order valence-corrected chi connectivity index (χ2v) is 6.77. The van der Waals surface area contributed by atoms with Crippen LogP contribution in [0.3, 0.4) is 0 Å². The third-order valence-corrected chi connectivity index (χ3v) is 5.31. The normalized spacial score (nSPS) is 25.8. The fourth-order valence-corrected chi connectivity index (χ4v) is 3.81. The molecule has 1 saturated carbocycles. The van der Waals surface area contributed by atoms with E-state index in [4.69, 9.17) is 5.73 Å². The monoisotopic (exact) mass is 267 g/mol. The molecule has 1 aliphatic rings. The van der Waals surface area contributed by atoms with Crippen LogP contribution >= 0.6 is 11.8 Å². The SMILES string of the molecule is CSC1CCC(n2cncc2C(CN)C(C)C)C1. The van der Waals surface area contributed by atoms with Gasteiger partial charge < -0.3 is 10.3 Å². The van der Waals surface area contributed by atoms with Crippen LogP contribution < -0.4 is 5.73 Å². The third kappa shape index (κ3) is 2.75. The van der Waals surface area contributed by atoms with Crippen molar-refractivity contribution in [2.45, 2.75) is 50.3 Å². The fraction of sp³-hybridized carbons (Fsp3) is 0.786. The number of nitrogens with zero attached hydrogens (tertiary/aromatic N) is 2. The Morgan fingerprint density at radius 1 is 1.50 bits per heavy atom. The predicted molar refractivity (Wildman–Crippen MR) is 79.1 cm³/mol. The molecule has 0 aromatic carbocycles. The van der Waals surface area contributed by atoms with Crippen molar-refractivity contribution in [2.24, 2.45) is 11.7 Å². The molecule has 4 heteroatoms. The van der Waals surface area contributed by atoms with Gasteiger partial charge in [0.1, 0.15) is 0 Å². The summed E-state index contributed by atoms with van der Waals surface area (Å²) in [6, 6.07) is 0.632. The van der Waals surface area contributed by atoms with Crippen LogP contribution in [0, 0.1) is 5.92 Å². The molecule has 1 aromatic heterocycles. The summed E-state index contributed by atoms with van der Waals surface area (Å²) in [5, 5.41) is 0.820. The van der Waals surface area contributed by atoms with Crippen molar-refractivity contribution in [1.29, 1.82) is 0 Å². The fourth-order valence-electron chi connectivity index (χ4n) is 3.03. The molecule has 0 aliphatic heterocycles. The van der Waals surface area contributed by atoms with Crippen LogP contribution in [0.1, 0.15) is 50.8 Å². The second-order valence-electron chi connectivity index (χ2n) is 5.64. The van der Waals surface area contributed by atoms with Crippen LogP contribution in [0.4, 0.5) is 0 Å².